The van der Waals surface area contributed by atoms with E-state index in [1.54, 1.807) is 37.5 Å². The third-order valence-electron chi connectivity index (χ3n) is 4.34. The van der Waals surface area contributed by atoms with Gasteiger partial charge in [0.15, 0.2) is 5.65 Å². The smallest absolute Gasteiger partial charge is 0.321 e. The first kappa shape index (κ1) is 17.6. The van der Waals surface area contributed by atoms with Gasteiger partial charge in [-0.15, -0.1) is 0 Å². The van der Waals surface area contributed by atoms with Gasteiger partial charge in [-0.25, -0.2) is 9.78 Å². The molecule has 2 aromatic heterocycles. The highest BCUT2D eigenvalue weighted by atomic mass is 16.2. The Morgan fingerprint density at radius 2 is 1.81 bits per heavy atom. The molecule has 0 saturated carbocycles. The van der Waals surface area contributed by atoms with Crippen LogP contribution in [-0.4, -0.2) is 20.0 Å². The molecular weight excluding hydrogens is 332 g/mol. The lowest BCUT2D eigenvalue weighted by atomic mass is 10.1. The lowest BCUT2D eigenvalue weighted by molar-refractivity contribution is 0.102. The second-order valence-electron chi connectivity index (χ2n) is 6.13. The fraction of sp³-hybridized carbons (Fsp3) is 0.263. The summed E-state index contributed by atoms with van der Waals surface area (Å²) in [5.74, 6) is -0.314. The van der Waals surface area contributed by atoms with Gasteiger partial charge >= 0.3 is 5.69 Å². The molecular formula is C19H20N4O3. The molecule has 3 rings (SSSR count). The number of nitrogens with zero attached hydrogens (tertiary/aromatic N) is 3. The normalized spacial score (nSPS) is 10.9. The molecule has 7 nitrogen and oxygen atoms in total. The van der Waals surface area contributed by atoms with E-state index in [0.29, 0.717) is 17.7 Å². The van der Waals surface area contributed by atoms with Crippen molar-refractivity contribution in [3.8, 4) is 0 Å². The van der Waals surface area contributed by atoms with Crippen LogP contribution in [0, 0.1) is 0 Å². The van der Waals surface area contributed by atoms with Crippen LogP contribution in [0.5, 0.6) is 0 Å². The molecule has 26 heavy (non-hydrogen) atoms. The molecule has 7 heteroatoms. The molecule has 0 fully saturated rings. The number of amides is 1. The maximum atomic E-state index is 12.8. The molecule has 3 aromatic rings. The fourth-order valence-corrected chi connectivity index (χ4v) is 2.94. The Kier molecular flexibility index (Phi) is 4.71. The molecule has 0 aliphatic rings. The number of nitrogens with one attached hydrogen (secondary N) is 1. The summed E-state index contributed by atoms with van der Waals surface area (Å²) in [5, 5.41) is 3.10. The van der Waals surface area contributed by atoms with Gasteiger partial charge in [-0.05, 0) is 24.1 Å². The van der Waals surface area contributed by atoms with Crippen molar-refractivity contribution in [1.82, 2.24) is 14.1 Å². The number of hydrogen-bond acceptors (Lipinski definition) is 4. The van der Waals surface area contributed by atoms with Gasteiger partial charge in [-0.2, -0.15) is 0 Å². The van der Waals surface area contributed by atoms with E-state index in [2.05, 4.69) is 10.3 Å². The molecule has 1 amide bonds. The first-order valence-electron chi connectivity index (χ1n) is 8.39. The van der Waals surface area contributed by atoms with Crippen molar-refractivity contribution in [1.29, 1.82) is 0 Å². The van der Waals surface area contributed by atoms with Crippen LogP contribution in [0.2, 0.25) is 0 Å². The zero-order valence-corrected chi connectivity index (χ0v) is 14.9. The summed E-state index contributed by atoms with van der Waals surface area (Å²) in [6.07, 6.45) is 3.10. The van der Waals surface area contributed by atoms with E-state index in [-0.39, 0.29) is 16.9 Å². The van der Waals surface area contributed by atoms with Crippen LogP contribution in [0.15, 0.2) is 46.1 Å². The van der Waals surface area contributed by atoms with Gasteiger partial charge in [0.2, 0.25) is 0 Å². The minimum atomic E-state index is -0.475. The van der Waals surface area contributed by atoms with Crippen LogP contribution in [0.1, 0.15) is 29.3 Å². The fourth-order valence-electron chi connectivity index (χ4n) is 2.94. The highest BCUT2D eigenvalue weighted by Gasteiger charge is 2.19. The Hall–Kier alpha value is -3.22. The predicted molar refractivity (Wildman–Crippen MR) is 101 cm³/mol. The monoisotopic (exact) mass is 352 g/mol. The van der Waals surface area contributed by atoms with Crippen molar-refractivity contribution in [2.75, 3.05) is 5.32 Å². The molecule has 0 bridgehead atoms. The van der Waals surface area contributed by atoms with E-state index in [1.807, 2.05) is 13.0 Å². The van der Waals surface area contributed by atoms with Crippen molar-refractivity contribution in [2.45, 2.75) is 19.8 Å². The lowest BCUT2D eigenvalue weighted by Gasteiger charge is -2.15. The molecule has 0 saturated heterocycles. The summed E-state index contributed by atoms with van der Waals surface area (Å²) in [6.45, 7) is 2.01. The lowest BCUT2D eigenvalue weighted by Crippen LogP contribution is -2.38. The van der Waals surface area contributed by atoms with Crippen LogP contribution in [0.3, 0.4) is 0 Å². The van der Waals surface area contributed by atoms with Crippen LogP contribution in [-0.2, 0) is 20.5 Å². The Labute approximate surface area is 149 Å². The minimum Gasteiger partial charge on any atom is -0.321 e. The van der Waals surface area contributed by atoms with Crippen LogP contribution in [0.4, 0.5) is 5.69 Å². The number of fused-ring (bicyclic) bond motifs is 1. The number of benzene rings is 1. The average Bonchev–Trinajstić information content (AvgIpc) is 2.66. The molecule has 0 spiro atoms. The SMILES string of the molecule is CCCc1cnc2c(c1NC(=O)c1ccccc1)c(=O)n(C)c(=O)n2C. The number of anilines is 1. The van der Waals surface area contributed by atoms with Gasteiger partial charge in [-0.3, -0.25) is 18.7 Å². The molecule has 134 valence electrons. The first-order valence-corrected chi connectivity index (χ1v) is 8.39. The number of aromatic nitrogens is 3. The largest absolute Gasteiger partial charge is 0.332 e. The number of hydrogen-bond donors (Lipinski definition) is 1. The molecule has 0 atom stereocenters. The Balaban J connectivity index is 2.27. The summed E-state index contributed by atoms with van der Waals surface area (Å²) in [6, 6.07) is 8.77. The Morgan fingerprint density at radius 1 is 1.12 bits per heavy atom. The third kappa shape index (κ3) is 2.92. The van der Waals surface area contributed by atoms with Crippen LogP contribution < -0.4 is 16.6 Å². The second-order valence-corrected chi connectivity index (χ2v) is 6.13. The van der Waals surface area contributed by atoms with E-state index < -0.39 is 11.2 Å². The number of aryl methyl sites for hydroxylation is 2. The highest BCUT2D eigenvalue weighted by molar-refractivity contribution is 6.08. The van der Waals surface area contributed by atoms with Gasteiger partial charge in [0.25, 0.3) is 11.5 Å². The van der Waals surface area contributed by atoms with E-state index in [1.165, 1.54) is 11.6 Å². The topological polar surface area (TPSA) is 86.0 Å². The van der Waals surface area contributed by atoms with Gasteiger partial charge < -0.3 is 5.32 Å². The third-order valence-corrected chi connectivity index (χ3v) is 4.34. The van der Waals surface area contributed by atoms with Gasteiger partial charge in [-0.1, -0.05) is 31.5 Å². The van der Waals surface area contributed by atoms with E-state index in [9.17, 15) is 14.4 Å². The summed E-state index contributed by atoms with van der Waals surface area (Å²) in [7, 11) is 2.97. The molecule has 2 heterocycles. The molecule has 0 aliphatic carbocycles. The average molecular weight is 352 g/mol. The van der Waals surface area contributed by atoms with E-state index in [0.717, 1.165) is 16.6 Å². The molecule has 0 radical (unpaired) electrons. The maximum absolute atomic E-state index is 12.8. The van der Waals surface area contributed by atoms with Crippen molar-refractivity contribution in [3.05, 3.63) is 68.5 Å². The van der Waals surface area contributed by atoms with Gasteiger partial charge in [0.1, 0.15) is 5.39 Å². The number of pyridine rings is 1. The molecule has 0 unspecified atom stereocenters. The van der Waals surface area contributed by atoms with E-state index >= 15 is 0 Å². The first-order chi connectivity index (χ1) is 12.5. The second kappa shape index (κ2) is 6.95. The quantitative estimate of drug-likeness (QED) is 0.776. The molecule has 1 N–H and O–H groups in total. The van der Waals surface area contributed by atoms with Gasteiger partial charge in [0.05, 0.1) is 5.69 Å². The van der Waals surface area contributed by atoms with Gasteiger partial charge in [0, 0.05) is 25.9 Å². The zero-order chi connectivity index (χ0) is 18.8. The summed E-state index contributed by atoms with van der Waals surface area (Å²) < 4.78 is 2.34. The van der Waals surface area contributed by atoms with E-state index in [4.69, 9.17) is 0 Å². The van der Waals surface area contributed by atoms with Crippen molar-refractivity contribution >= 4 is 22.6 Å². The summed E-state index contributed by atoms with van der Waals surface area (Å²) >= 11 is 0. The van der Waals surface area contributed by atoms with Crippen molar-refractivity contribution in [2.24, 2.45) is 14.1 Å². The highest BCUT2D eigenvalue weighted by Crippen LogP contribution is 2.24. The number of carbonyl (C=O) groups excluding carboxylic acids is 1. The summed E-state index contributed by atoms with van der Waals surface area (Å²) in [5.41, 5.74) is 0.986. The van der Waals surface area contributed by atoms with Crippen molar-refractivity contribution in [3.63, 3.8) is 0 Å². The minimum absolute atomic E-state index is 0.241. The van der Waals surface area contributed by atoms with Crippen LogP contribution >= 0.6 is 0 Å². The molecule has 0 aliphatic heterocycles. The number of rotatable bonds is 4. The number of carbonyl (C=O) groups is 1. The predicted octanol–water partition coefficient (Wildman–Crippen LogP) is 1.84. The van der Waals surface area contributed by atoms with Crippen LogP contribution in [0.25, 0.3) is 11.0 Å². The zero-order valence-electron chi connectivity index (χ0n) is 14.9. The maximum Gasteiger partial charge on any atom is 0.332 e. The molecule has 1 aromatic carbocycles. The summed E-state index contributed by atoms with van der Waals surface area (Å²) in [4.78, 5) is 41.9. The van der Waals surface area contributed by atoms with Crippen molar-refractivity contribution < 1.29 is 4.79 Å². The Bertz CT molecular complexity index is 1100. The standard InChI is InChI=1S/C19H20N4O3/c1-4-8-13-11-20-16-14(18(25)23(3)19(26)22(16)2)15(13)21-17(24)12-9-6-5-7-10-12/h5-7,9-11H,4,8H2,1-3H3,(H,20,21,24). The Morgan fingerprint density at radius 3 is 2.46 bits per heavy atom.